The number of nitrogen functional groups attached to an aromatic ring is 1. The van der Waals surface area contributed by atoms with Crippen molar-refractivity contribution in [2.75, 3.05) is 31.9 Å². The van der Waals surface area contributed by atoms with Crippen molar-refractivity contribution < 1.29 is 8.42 Å². The lowest BCUT2D eigenvalue weighted by Gasteiger charge is -2.20. The molecular weight excluding hydrogens is 286 g/mol. The first-order chi connectivity index (χ1) is 9.88. The zero-order valence-corrected chi connectivity index (χ0v) is 13.6. The molecule has 0 radical (unpaired) electrons. The van der Waals surface area contributed by atoms with Gasteiger partial charge in [0.15, 0.2) is 0 Å². The molecule has 0 aromatic heterocycles. The molecule has 1 fully saturated rings. The molecule has 6 heteroatoms. The van der Waals surface area contributed by atoms with Crippen LogP contribution in [0.2, 0.25) is 0 Å². The molecular formula is C15H25N3O2S. The minimum atomic E-state index is -3.53. The average Bonchev–Trinajstić information content (AvgIpc) is 2.89. The lowest BCUT2D eigenvalue weighted by atomic mass is 10.2. The number of nitrogens with two attached hydrogens (primary N) is 1. The molecule has 118 valence electrons. The standard InChI is InChI=1S/C15H25N3O2S/c1-12-5-6-15(14(16)9-12)21(19,20)17-10-13(2)11-18-7-3-4-8-18/h5-6,9,13,17H,3-4,7-8,10-11,16H2,1-2H3. The van der Waals surface area contributed by atoms with Crippen LogP contribution in [-0.4, -0.2) is 39.5 Å². The van der Waals surface area contributed by atoms with Crippen molar-refractivity contribution in [1.82, 2.24) is 9.62 Å². The van der Waals surface area contributed by atoms with Gasteiger partial charge in [-0.3, -0.25) is 0 Å². The minimum absolute atomic E-state index is 0.168. The van der Waals surface area contributed by atoms with E-state index in [0.717, 1.165) is 25.2 Å². The first kappa shape index (κ1) is 16.3. The summed E-state index contributed by atoms with van der Waals surface area (Å²) in [6.07, 6.45) is 2.50. The number of benzene rings is 1. The summed E-state index contributed by atoms with van der Waals surface area (Å²) in [5, 5.41) is 0. The van der Waals surface area contributed by atoms with Crippen molar-refractivity contribution in [3.05, 3.63) is 23.8 Å². The van der Waals surface area contributed by atoms with Gasteiger partial charge >= 0.3 is 0 Å². The molecule has 1 unspecified atom stereocenters. The maximum Gasteiger partial charge on any atom is 0.242 e. The van der Waals surface area contributed by atoms with Gasteiger partial charge in [0.2, 0.25) is 10.0 Å². The van der Waals surface area contributed by atoms with E-state index in [1.165, 1.54) is 12.8 Å². The minimum Gasteiger partial charge on any atom is -0.398 e. The molecule has 1 aromatic carbocycles. The number of hydrogen-bond donors (Lipinski definition) is 2. The van der Waals surface area contributed by atoms with Crippen LogP contribution >= 0.6 is 0 Å². The van der Waals surface area contributed by atoms with Crippen LogP contribution in [0.15, 0.2) is 23.1 Å². The number of hydrogen-bond acceptors (Lipinski definition) is 4. The Kier molecular flexibility index (Phi) is 5.24. The smallest absolute Gasteiger partial charge is 0.242 e. The summed E-state index contributed by atoms with van der Waals surface area (Å²) in [7, 11) is -3.53. The maximum atomic E-state index is 12.3. The second kappa shape index (κ2) is 6.77. The molecule has 0 amide bonds. The van der Waals surface area contributed by atoms with E-state index in [1.807, 2.05) is 6.92 Å². The highest BCUT2D eigenvalue weighted by Crippen LogP contribution is 2.19. The van der Waals surface area contributed by atoms with Gasteiger partial charge in [-0.25, -0.2) is 13.1 Å². The largest absolute Gasteiger partial charge is 0.398 e. The summed E-state index contributed by atoms with van der Waals surface area (Å²) in [4.78, 5) is 2.56. The number of rotatable bonds is 6. The monoisotopic (exact) mass is 311 g/mol. The van der Waals surface area contributed by atoms with Crippen LogP contribution < -0.4 is 10.5 Å². The van der Waals surface area contributed by atoms with Crippen LogP contribution in [0.3, 0.4) is 0 Å². The van der Waals surface area contributed by atoms with Gasteiger partial charge < -0.3 is 10.6 Å². The van der Waals surface area contributed by atoms with E-state index in [0.29, 0.717) is 12.2 Å². The van der Waals surface area contributed by atoms with Crippen LogP contribution in [0.25, 0.3) is 0 Å². The first-order valence-corrected chi connectivity index (χ1v) is 8.95. The van der Waals surface area contributed by atoms with Gasteiger partial charge in [0, 0.05) is 13.1 Å². The van der Waals surface area contributed by atoms with E-state index in [1.54, 1.807) is 18.2 Å². The average molecular weight is 311 g/mol. The van der Waals surface area contributed by atoms with E-state index in [-0.39, 0.29) is 10.8 Å². The number of aryl methyl sites for hydroxylation is 1. The highest BCUT2D eigenvalue weighted by atomic mass is 32.2. The molecule has 3 N–H and O–H groups in total. The Bertz CT molecular complexity index is 581. The summed E-state index contributed by atoms with van der Waals surface area (Å²) in [5.41, 5.74) is 7.07. The Hall–Kier alpha value is -1.11. The Balaban J connectivity index is 1.94. The zero-order chi connectivity index (χ0) is 15.5. The van der Waals surface area contributed by atoms with Gasteiger partial charge in [0.25, 0.3) is 0 Å². The molecule has 2 rings (SSSR count). The Labute approximate surface area is 127 Å². The fourth-order valence-corrected chi connectivity index (χ4v) is 3.99. The Morgan fingerprint density at radius 2 is 2.00 bits per heavy atom. The van der Waals surface area contributed by atoms with Crippen molar-refractivity contribution in [2.45, 2.75) is 31.6 Å². The quantitative estimate of drug-likeness (QED) is 0.782. The number of nitrogens with zero attached hydrogens (tertiary/aromatic N) is 1. The molecule has 0 aliphatic carbocycles. The fraction of sp³-hybridized carbons (Fsp3) is 0.600. The molecule has 1 aliphatic rings. The van der Waals surface area contributed by atoms with Crippen LogP contribution in [-0.2, 0) is 10.0 Å². The molecule has 0 saturated carbocycles. The topological polar surface area (TPSA) is 75.4 Å². The second-order valence-electron chi connectivity index (χ2n) is 6.01. The Morgan fingerprint density at radius 3 is 2.62 bits per heavy atom. The first-order valence-electron chi connectivity index (χ1n) is 7.46. The molecule has 0 spiro atoms. The summed E-state index contributed by atoms with van der Waals surface area (Å²) in [6.45, 7) is 7.58. The number of anilines is 1. The summed E-state index contributed by atoms with van der Waals surface area (Å²) in [5.74, 6) is 0.282. The van der Waals surface area contributed by atoms with E-state index < -0.39 is 10.0 Å². The molecule has 1 saturated heterocycles. The molecule has 1 heterocycles. The summed E-state index contributed by atoms with van der Waals surface area (Å²) < 4.78 is 27.3. The van der Waals surface area contributed by atoms with Gasteiger partial charge in [0.1, 0.15) is 4.90 Å². The number of sulfonamides is 1. The summed E-state index contributed by atoms with van der Waals surface area (Å²) in [6, 6.07) is 5.01. The normalized spacial score (nSPS) is 18.0. The van der Waals surface area contributed by atoms with Crippen molar-refractivity contribution in [3.8, 4) is 0 Å². The highest BCUT2D eigenvalue weighted by Gasteiger charge is 2.20. The fourth-order valence-electron chi connectivity index (χ4n) is 2.71. The van der Waals surface area contributed by atoms with Gasteiger partial charge in [0.05, 0.1) is 5.69 Å². The SMILES string of the molecule is Cc1ccc(S(=O)(=O)NCC(C)CN2CCCC2)c(N)c1. The van der Waals surface area contributed by atoms with Crippen molar-refractivity contribution in [3.63, 3.8) is 0 Å². The molecule has 21 heavy (non-hydrogen) atoms. The predicted molar refractivity (Wildman–Crippen MR) is 85.6 cm³/mol. The van der Waals surface area contributed by atoms with E-state index >= 15 is 0 Å². The molecule has 1 aromatic rings. The van der Waals surface area contributed by atoms with Crippen LogP contribution in [0.5, 0.6) is 0 Å². The van der Waals surface area contributed by atoms with Gasteiger partial charge in [-0.15, -0.1) is 0 Å². The summed E-state index contributed by atoms with van der Waals surface area (Å²) >= 11 is 0. The number of likely N-dealkylation sites (tertiary alicyclic amines) is 1. The zero-order valence-electron chi connectivity index (χ0n) is 12.8. The molecule has 5 nitrogen and oxygen atoms in total. The molecule has 1 atom stereocenters. The second-order valence-corrected chi connectivity index (χ2v) is 7.74. The van der Waals surface area contributed by atoms with Crippen LogP contribution in [0.1, 0.15) is 25.3 Å². The third kappa shape index (κ3) is 4.43. The van der Waals surface area contributed by atoms with Crippen molar-refractivity contribution >= 4 is 15.7 Å². The molecule has 0 bridgehead atoms. The van der Waals surface area contributed by atoms with Crippen molar-refractivity contribution in [2.24, 2.45) is 5.92 Å². The third-order valence-electron chi connectivity index (χ3n) is 3.85. The van der Waals surface area contributed by atoms with Gasteiger partial charge in [-0.2, -0.15) is 0 Å². The van der Waals surface area contributed by atoms with Crippen molar-refractivity contribution in [1.29, 1.82) is 0 Å². The predicted octanol–water partition coefficient (Wildman–Crippen LogP) is 1.59. The van der Waals surface area contributed by atoms with Gasteiger partial charge in [-0.05, 0) is 56.5 Å². The lowest BCUT2D eigenvalue weighted by Crippen LogP contribution is -2.34. The maximum absolute atomic E-state index is 12.3. The third-order valence-corrected chi connectivity index (χ3v) is 5.34. The molecule has 1 aliphatic heterocycles. The van der Waals surface area contributed by atoms with E-state index in [2.05, 4.69) is 16.5 Å². The van der Waals surface area contributed by atoms with E-state index in [9.17, 15) is 8.42 Å². The van der Waals surface area contributed by atoms with Crippen LogP contribution in [0.4, 0.5) is 5.69 Å². The van der Waals surface area contributed by atoms with Crippen LogP contribution in [0, 0.1) is 12.8 Å². The van der Waals surface area contributed by atoms with Gasteiger partial charge in [-0.1, -0.05) is 13.0 Å². The highest BCUT2D eigenvalue weighted by molar-refractivity contribution is 7.89. The Morgan fingerprint density at radius 1 is 1.33 bits per heavy atom. The lowest BCUT2D eigenvalue weighted by molar-refractivity contribution is 0.288. The van der Waals surface area contributed by atoms with E-state index in [4.69, 9.17) is 5.73 Å². The number of nitrogens with one attached hydrogen (secondary N) is 1.